The third-order valence-electron chi connectivity index (χ3n) is 5.26. The average Bonchev–Trinajstić information content (AvgIpc) is 2.81. The van der Waals surface area contributed by atoms with Crippen molar-refractivity contribution in [2.75, 3.05) is 7.11 Å². The number of methoxy groups -OCH3 is 1. The zero-order valence-corrected chi connectivity index (χ0v) is 17.2. The molecule has 0 bridgehead atoms. The van der Waals surface area contributed by atoms with Gasteiger partial charge < -0.3 is 24.5 Å². The van der Waals surface area contributed by atoms with Gasteiger partial charge in [0.15, 0.2) is 17.4 Å². The third-order valence-corrected chi connectivity index (χ3v) is 5.26. The van der Waals surface area contributed by atoms with E-state index in [0.29, 0.717) is 21.7 Å². The molecule has 0 radical (unpaired) electrons. The minimum atomic E-state index is -1.40. The second-order valence-corrected chi connectivity index (χ2v) is 7.51. The fraction of sp³-hybridized carbons (Fsp3) is 0.450. The number of carbonyl (C=O) groups is 2. The third kappa shape index (κ3) is 3.37. The van der Waals surface area contributed by atoms with Gasteiger partial charge in [-0.3, -0.25) is 9.59 Å². The number of imidazole rings is 1. The number of esters is 2. The topological polar surface area (TPSA) is 114 Å². The smallest absolute Gasteiger partial charge is 0.324 e. The van der Waals surface area contributed by atoms with Gasteiger partial charge in [0.1, 0.15) is 17.3 Å². The summed E-state index contributed by atoms with van der Waals surface area (Å²) in [4.78, 5) is 25.6. The lowest BCUT2D eigenvalue weighted by Gasteiger charge is -2.35. The summed E-state index contributed by atoms with van der Waals surface area (Å²) in [6.07, 6.45) is 0. The SMILES string of the molecule is COc1cc(C(c2n(C)c(C)c(C)[n+]2[O-])C2C(=O)OC(C)(C)OC2=O)ccc1O. The van der Waals surface area contributed by atoms with Crippen molar-refractivity contribution in [3.8, 4) is 11.5 Å². The molecular formula is C20H24N2O7. The molecule has 1 aliphatic rings. The van der Waals surface area contributed by atoms with E-state index in [1.54, 1.807) is 25.5 Å². The summed E-state index contributed by atoms with van der Waals surface area (Å²) in [5.74, 6) is -5.19. The first-order chi connectivity index (χ1) is 13.5. The second kappa shape index (κ2) is 6.98. The Labute approximate surface area is 168 Å². The van der Waals surface area contributed by atoms with Crippen LogP contribution in [0.5, 0.6) is 11.5 Å². The fourth-order valence-corrected chi connectivity index (χ4v) is 3.58. The van der Waals surface area contributed by atoms with Crippen molar-refractivity contribution >= 4 is 11.9 Å². The normalized spacial score (nSPS) is 17.6. The van der Waals surface area contributed by atoms with Gasteiger partial charge in [0, 0.05) is 27.7 Å². The van der Waals surface area contributed by atoms with Crippen LogP contribution in [0.4, 0.5) is 0 Å². The van der Waals surface area contributed by atoms with Crippen molar-refractivity contribution in [3.63, 3.8) is 0 Å². The number of nitrogens with zero attached hydrogens (tertiary/aromatic N) is 2. The molecule has 2 heterocycles. The maximum Gasteiger partial charge on any atom is 0.324 e. The highest BCUT2D eigenvalue weighted by Crippen LogP contribution is 2.40. The largest absolute Gasteiger partial charge is 0.711 e. The summed E-state index contributed by atoms with van der Waals surface area (Å²) >= 11 is 0. The molecule has 1 aromatic heterocycles. The Morgan fingerprint density at radius 1 is 1.24 bits per heavy atom. The first-order valence-corrected chi connectivity index (χ1v) is 9.06. The van der Waals surface area contributed by atoms with Crippen molar-refractivity contribution in [2.24, 2.45) is 13.0 Å². The maximum absolute atomic E-state index is 12.9. The number of phenols is 1. The maximum atomic E-state index is 12.9. The summed E-state index contributed by atoms with van der Waals surface area (Å²) in [7, 11) is 3.06. The Kier molecular flexibility index (Phi) is 4.94. The molecule has 0 aliphatic carbocycles. The summed E-state index contributed by atoms with van der Waals surface area (Å²) in [5.41, 5.74) is 1.54. The number of rotatable bonds is 4. The average molecular weight is 404 g/mol. The zero-order valence-electron chi connectivity index (χ0n) is 17.2. The quantitative estimate of drug-likeness (QED) is 0.356. The molecule has 1 aliphatic heterocycles. The number of aromatic hydroxyl groups is 1. The molecule has 1 fully saturated rings. The summed E-state index contributed by atoms with van der Waals surface area (Å²) in [5, 5.41) is 22.9. The molecule has 0 saturated carbocycles. The van der Waals surface area contributed by atoms with E-state index >= 15 is 0 Å². The van der Waals surface area contributed by atoms with E-state index in [4.69, 9.17) is 14.2 Å². The number of cyclic esters (lactones) is 2. The number of benzene rings is 1. The number of hydrogen-bond donors (Lipinski definition) is 1. The Morgan fingerprint density at radius 2 is 1.83 bits per heavy atom. The van der Waals surface area contributed by atoms with Crippen molar-refractivity contribution in [1.29, 1.82) is 0 Å². The molecular weight excluding hydrogens is 380 g/mol. The highest BCUT2D eigenvalue weighted by Gasteiger charge is 2.51. The van der Waals surface area contributed by atoms with Crippen molar-refractivity contribution in [1.82, 2.24) is 4.57 Å². The van der Waals surface area contributed by atoms with Crippen LogP contribution in [0, 0.1) is 25.0 Å². The number of hydrogen-bond acceptors (Lipinski definition) is 7. The van der Waals surface area contributed by atoms with Gasteiger partial charge in [-0.25, -0.2) is 9.30 Å². The minimum absolute atomic E-state index is 0.112. The Hall–Kier alpha value is -3.23. The Bertz CT molecular complexity index is 948. The van der Waals surface area contributed by atoms with Crippen molar-refractivity contribution in [3.05, 3.63) is 46.2 Å². The van der Waals surface area contributed by atoms with E-state index in [9.17, 15) is 19.9 Å². The van der Waals surface area contributed by atoms with Crippen LogP contribution in [0.15, 0.2) is 18.2 Å². The van der Waals surface area contributed by atoms with E-state index in [0.717, 1.165) is 0 Å². The molecule has 2 aromatic rings. The molecule has 9 heteroatoms. The Balaban J connectivity index is 2.25. The van der Waals surface area contributed by atoms with Crippen LogP contribution in [0.2, 0.25) is 0 Å². The lowest BCUT2D eigenvalue weighted by Crippen LogP contribution is -2.50. The van der Waals surface area contributed by atoms with Crippen LogP contribution in [0.3, 0.4) is 0 Å². The van der Waals surface area contributed by atoms with Crippen LogP contribution in [0.1, 0.15) is 42.5 Å². The molecule has 1 N–H and O–H groups in total. The molecule has 29 heavy (non-hydrogen) atoms. The molecule has 156 valence electrons. The lowest BCUT2D eigenvalue weighted by molar-refractivity contribution is -0.621. The predicted octanol–water partition coefficient (Wildman–Crippen LogP) is 1.57. The van der Waals surface area contributed by atoms with Gasteiger partial charge in [0.2, 0.25) is 0 Å². The van der Waals surface area contributed by atoms with E-state index in [1.165, 1.54) is 39.2 Å². The van der Waals surface area contributed by atoms with Gasteiger partial charge >= 0.3 is 11.9 Å². The summed E-state index contributed by atoms with van der Waals surface area (Å²) in [6, 6.07) is 4.39. The van der Waals surface area contributed by atoms with E-state index in [1.807, 2.05) is 0 Å². The van der Waals surface area contributed by atoms with Crippen LogP contribution in [0.25, 0.3) is 0 Å². The van der Waals surface area contributed by atoms with Crippen LogP contribution < -0.4 is 9.47 Å². The Morgan fingerprint density at radius 3 is 2.31 bits per heavy atom. The van der Waals surface area contributed by atoms with Crippen LogP contribution >= 0.6 is 0 Å². The van der Waals surface area contributed by atoms with Crippen LogP contribution in [-0.2, 0) is 26.1 Å². The van der Waals surface area contributed by atoms with Gasteiger partial charge in [-0.05, 0) is 17.7 Å². The van der Waals surface area contributed by atoms with Gasteiger partial charge in [-0.15, -0.1) is 0 Å². The second-order valence-electron chi connectivity index (χ2n) is 7.51. The molecule has 0 spiro atoms. The zero-order chi connectivity index (χ0) is 21.7. The molecule has 1 aromatic carbocycles. The van der Waals surface area contributed by atoms with Crippen molar-refractivity contribution in [2.45, 2.75) is 39.4 Å². The predicted molar refractivity (Wildman–Crippen MR) is 100 cm³/mol. The monoisotopic (exact) mass is 404 g/mol. The summed E-state index contributed by atoms with van der Waals surface area (Å²) in [6.45, 7) is 6.34. The van der Waals surface area contributed by atoms with Crippen LogP contribution in [-0.4, -0.2) is 34.5 Å². The molecule has 9 nitrogen and oxygen atoms in total. The van der Waals surface area contributed by atoms with Crippen molar-refractivity contribution < 1.29 is 33.6 Å². The highest BCUT2D eigenvalue weighted by atomic mass is 16.7. The van der Waals surface area contributed by atoms with E-state index in [2.05, 4.69) is 0 Å². The number of aromatic nitrogens is 2. The summed E-state index contributed by atoms with van der Waals surface area (Å²) < 4.78 is 18.1. The van der Waals surface area contributed by atoms with Gasteiger partial charge in [0.25, 0.3) is 11.6 Å². The fourth-order valence-electron chi connectivity index (χ4n) is 3.58. The lowest BCUT2D eigenvalue weighted by atomic mass is 9.84. The number of ether oxygens (including phenoxy) is 3. The standard InChI is InChI=1S/C20H24N2O7/c1-10-11(2)22(26)17(21(10)5)15(12-7-8-13(23)14(9-12)27-6)16-18(24)28-20(3,4)29-19(16)25/h7-9,15-16,23H,1-6H3. The first-order valence-electron chi connectivity index (χ1n) is 9.06. The van der Waals surface area contributed by atoms with E-state index in [-0.39, 0.29) is 17.3 Å². The van der Waals surface area contributed by atoms with Gasteiger partial charge in [-0.2, -0.15) is 0 Å². The highest BCUT2D eigenvalue weighted by molar-refractivity contribution is 5.98. The molecule has 1 unspecified atom stereocenters. The van der Waals surface area contributed by atoms with Gasteiger partial charge in [-0.1, -0.05) is 6.07 Å². The molecule has 0 amide bonds. The molecule has 1 saturated heterocycles. The number of carbonyl (C=O) groups excluding carboxylic acids is 2. The number of phenolic OH excluding ortho intramolecular Hbond substituents is 1. The first kappa shape index (κ1) is 20.5. The van der Waals surface area contributed by atoms with Gasteiger partial charge in [0.05, 0.1) is 14.2 Å². The minimum Gasteiger partial charge on any atom is -0.711 e. The molecule has 3 rings (SSSR count). The van der Waals surface area contributed by atoms with E-state index < -0.39 is 29.6 Å². The molecule has 1 atom stereocenters.